The molecule has 2 amide bonds. The van der Waals surface area contributed by atoms with E-state index in [1.54, 1.807) is 18.2 Å². The zero-order chi connectivity index (χ0) is 19.0. The van der Waals surface area contributed by atoms with E-state index in [0.29, 0.717) is 26.2 Å². The molecule has 2 aromatic rings. The summed E-state index contributed by atoms with van der Waals surface area (Å²) in [5.41, 5.74) is 1.21. The molecule has 7 heteroatoms. The average Bonchev–Trinajstić information content (AvgIpc) is 2.97. The first-order valence-electron chi connectivity index (χ1n) is 8.90. The second-order valence-electron chi connectivity index (χ2n) is 6.77. The Labute approximate surface area is 155 Å². The van der Waals surface area contributed by atoms with Crippen LogP contribution in [0.2, 0.25) is 0 Å². The van der Waals surface area contributed by atoms with Gasteiger partial charge in [0.05, 0.1) is 18.2 Å². The quantitative estimate of drug-likeness (QED) is 0.778. The molecule has 0 radical (unpaired) electrons. The number of benzene rings is 2. The molecule has 2 saturated heterocycles. The monoisotopic (exact) mass is 371 g/mol. The Bertz CT molecular complexity index is 864. The number of rotatable bonds is 3. The van der Waals surface area contributed by atoms with Crippen molar-refractivity contribution >= 4 is 23.2 Å². The van der Waals surface area contributed by atoms with Crippen LogP contribution in [0.4, 0.5) is 20.2 Å². The van der Waals surface area contributed by atoms with Gasteiger partial charge in [0.2, 0.25) is 5.91 Å². The van der Waals surface area contributed by atoms with Gasteiger partial charge in [0.15, 0.2) is 0 Å². The first-order valence-corrected chi connectivity index (χ1v) is 8.90. The maximum atomic E-state index is 13.5. The first-order chi connectivity index (χ1) is 13.0. The summed E-state index contributed by atoms with van der Waals surface area (Å²) < 4.78 is 26.5. The van der Waals surface area contributed by atoms with Crippen LogP contribution in [0.1, 0.15) is 6.42 Å². The van der Waals surface area contributed by atoms with E-state index in [0.717, 1.165) is 10.6 Å². The van der Waals surface area contributed by atoms with Gasteiger partial charge >= 0.3 is 0 Å². The standard InChI is InChI=1S/C20H19F2N3O2/c21-14-4-6-16(7-5-14)23-8-10-24(11-9-23)18-13-19(26)25(20(18)27)17-3-1-2-15(22)12-17/h1-7,12,18H,8-11,13H2/t18-/m1/s1. The molecule has 4 rings (SSSR count). The van der Waals surface area contributed by atoms with Gasteiger partial charge in [0.25, 0.3) is 5.91 Å². The number of piperazine rings is 1. The number of halogens is 2. The second kappa shape index (κ2) is 7.08. The van der Waals surface area contributed by atoms with Crippen LogP contribution >= 0.6 is 0 Å². The Kier molecular flexibility index (Phi) is 4.61. The molecule has 5 nitrogen and oxygen atoms in total. The highest BCUT2D eigenvalue weighted by Gasteiger charge is 2.43. The lowest BCUT2D eigenvalue weighted by Crippen LogP contribution is -2.52. The summed E-state index contributed by atoms with van der Waals surface area (Å²) >= 11 is 0. The van der Waals surface area contributed by atoms with Gasteiger partial charge in [-0.3, -0.25) is 14.5 Å². The molecule has 2 aromatic carbocycles. The van der Waals surface area contributed by atoms with Crippen molar-refractivity contribution in [3.8, 4) is 0 Å². The molecular weight excluding hydrogens is 352 g/mol. The fraction of sp³-hybridized carbons (Fsp3) is 0.300. The molecule has 2 fully saturated rings. The van der Waals surface area contributed by atoms with E-state index in [4.69, 9.17) is 0 Å². The van der Waals surface area contributed by atoms with Crippen LogP contribution in [0.3, 0.4) is 0 Å². The lowest BCUT2D eigenvalue weighted by Gasteiger charge is -2.38. The van der Waals surface area contributed by atoms with Crippen molar-refractivity contribution in [2.75, 3.05) is 36.0 Å². The van der Waals surface area contributed by atoms with Crippen molar-refractivity contribution in [3.63, 3.8) is 0 Å². The number of hydrogen-bond donors (Lipinski definition) is 0. The predicted molar refractivity (Wildman–Crippen MR) is 97.5 cm³/mol. The topological polar surface area (TPSA) is 43.9 Å². The summed E-state index contributed by atoms with van der Waals surface area (Å²) in [4.78, 5) is 30.4. The zero-order valence-electron chi connectivity index (χ0n) is 14.6. The maximum Gasteiger partial charge on any atom is 0.251 e. The number of imide groups is 1. The third-order valence-corrected chi connectivity index (χ3v) is 5.14. The second-order valence-corrected chi connectivity index (χ2v) is 6.77. The molecule has 0 N–H and O–H groups in total. The van der Waals surface area contributed by atoms with Crippen LogP contribution in [0, 0.1) is 11.6 Å². The van der Waals surface area contributed by atoms with Gasteiger partial charge in [-0.1, -0.05) is 6.07 Å². The normalized spacial score (nSPS) is 21.2. The van der Waals surface area contributed by atoms with Crippen molar-refractivity contribution < 1.29 is 18.4 Å². The Morgan fingerprint density at radius 3 is 2.19 bits per heavy atom. The van der Waals surface area contributed by atoms with Gasteiger partial charge in [-0.15, -0.1) is 0 Å². The third kappa shape index (κ3) is 3.42. The molecule has 0 aliphatic carbocycles. The summed E-state index contributed by atoms with van der Waals surface area (Å²) in [5, 5.41) is 0. The van der Waals surface area contributed by atoms with Crippen LogP contribution in [0.25, 0.3) is 0 Å². The van der Waals surface area contributed by atoms with Crippen molar-refractivity contribution in [2.45, 2.75) is 12.5 Å². The molecule has 2 aliphatic rings. The van der Waals surface area contributed by atoms with Crippen LogP contribution < -0.4 is 9.80 Å². The highest BCUT2D eigenvalue weighted by atomic mass is 19.1. The minimum absolute atomic E-state index is 0.103. The molecule has 0 spiro atoms. The molecule has 140 valence electrons. The largest absolute Gasteiger partial charge is 0.369 e. The maximum absolute atomic E-state index is 13.5. The van der Waals surface area contributed by atoms with Gasteiger partial charge < -0.3 is 4.90 Å². The fourth-order valence-corrected chi connectivity index (χ4v) is 3.73. The summed E-state index contributed by atoms with van der Waals surface area (Å²) in [6.07, 6.45) is 0.103. The number of anilines is 2. The van der Waals surface area contributed by atoms with Crippen LogP contribution in [-0.2, 0) is 9.59 Å². The molecule has 27 heavy (non-hydrogen) atoms. The van der Waals surface area contributed by atoms with Gasteiger partial charge in [-0.25, -0.2) is 13.7 Å². The fourth-order valence-electron chi connectivity index (χ4n) is 3.73. The van der Waals surface area contributed by atoms with Crippen molar-refractivity contribution in [1.82, 2.24) is 4.90 Å². The van der Waals surface area contributed by atoms with Gasteiger partial charge in [0, 0.05) is 31.9 Å². The Morgan fingerprint density at radius 1 is 0.815 bits per heavy atom. The number of nitrogens with zero attached hydrogens (tertiary/aromatic N) is 3. The molecule has 0 bridgehead atoms. The van der Waals surface area contributed by atoms with Crippen molar-refractivity contribution in [2.24, 2.45) is 0 Å². The molecule has 2 aliphatic heterocycles. The predicted octanol–water partition coefficient (Wildman–Crippen LogP) is 2.42. The minimum Gasteiger partial charge on any atom is -0.369 e. The Morgan fingerprint density at radius 2 is 1.52 bits per heavy atom. The number of hydrogen-bond acceptors (Lipinski definition) is 4. The third-order valence-electron chi connectivity index (χ3n) is 5.14. The molecule has 0 saturated carbocycles. The van der Waals surface area contributed by atoms with Gasteiger partial charge in [0.1, 0.15) is 11.6 Å². The van der Waals surface area contributed by atoms with E-state index in [2.05, 4.69) is 4.90 Å². The summed E-state index contributed by atoms with van der Waals surface area (Å²) in [6.45, 7) is 2.61. The van der Waals surface area contributed by atoms with Crippen molar-refractivity contribution in [1.29, 1.82) is 0 Å². The van der Waals surface area contributed by atoms with Crippen LogP contribution in [-0.4, -0.2) is 48.9 Å². The van der Waals surface area contributed by atoms with E-state index in [-0.39, 0.29) is 29.7 Å². The lowest BCUT2D eigenvalue weighted by molar-refractivity contribution is -0.123. The zero-order valence-corrected chi connectivity index (χ0v) is 14.6. The smallest absolute Gasteiger partial charge is 0.251 e. The summed E-state index contributed by atoms with van der Waals surface area (Å²) in [7, 11) is 0. The highest BCUT2D eigenvalue weighted by molar-refractivity contribution is 6.22. The molecule has 0 unspecified atom stereocenters. The summed E-state index contributed by atoms with van der Waals surface area (Å²) in [6, 6.07) is 11.3. The molecule has 2 heterocycles. The lowest BCUT2D eigenvalue weighted by atomic mass is 10.1. The average molecular weight is 371 g/mol. The van der Waals surface area contributed by atoms with Gasteiger partial charge in [-0.05, 0) is 42.5 Å². The van der Waals surface area contributed by atoms with E-state index >= 15 is 0 Å². The number of carbonyl (C=O) groups is 2. The van der Waals surface area contributed by atoms with Crippen LogP contribution in [0.5, 0.6) is 0 Å². The molecular formula is C20H19F2N3O2. The molecule has 0 aromatic heterocycles. The summed E-state index contributed by atoms with van der Waals surface area (Å²) in [5.74, 6) is -1.37. The minimum atomic E-state index is -0.517. The van der Waals surface area contributed by atoms with E-state index in [9.17, 15) is 18.4 Å². The van der Waals surface area contributed by atoms with Gasteiger partial charge in [-0.2, -0.15) is 0 Å². The molecule has 1 atom stereocenters. The SMILES string of the molecule is O=C1C[C@@H](N2CCN(c3ccc(F)cc3)CC2)C(=O)N1c1cccc(F)c1. The Balaban J connectivity index is 1.44. The Hall–Kier alpha value is -2.80. The van der Waals surface area contributed by atoms with E-state index in [1.165, 1.54) is 30.3 Å². The van der Waals surface area contributed by atoms with Crippen molar-refractivity contribution in [3.05, 3.63) is 60.2 Å². The number of amides is 2. The van der Waals surface area contributed by atoms with E-state index < -0.39 is 11.9 Å². The highest BCUT2D eigenvalue weighted by Crippen LogP contribution is 2.27. The van der Waals surface area contributed by atoms with E-state index in [1.807, 2.05) is 4.90 Å². The van der Waals surface area contributed by atoms with Crippen LogP contribution in [0.15, 0.2) is 48.5 Å². The first kappa shape index (κ1) is 17.6. The number of carbonyl (C=O) groups excluding carboxylic acids is 2.